The maximum absolute atomic E-state index is 13.0. The van der Waals surface area contributed by atoms with E-state index >= 15 is 0 Å². The molecule has 0 aromatic heterocycles. The fourth-order valence-corrected chi connectivity index (χ4v) is 3.18. The number of halogens is 2. The molecule has 0 spiro atoms. The number of hydrogen-bond donors (Lipinski definition) is 2. The van der Waals surface area contributed by atoms with Gasteiger partial charge in [0.25, 0.3) is 23.2 Å². The lowest BCUT2D eigenvalue weighted by atomic mass is 10.1. The molecule has 3 aromatic carbocycles. The van der Waals surface area contributed by atoms with Crippen LogP contribution in [0.15, 0.2) is 72.4 Å². The number of carbonyl (C=O) groups is 2. The van der Waals surface area contributed by atoms with Crippen molar-refractivity contribution in [1.29, 1.82) is 0 Å². The molecule has 0 aliphatic heterocycles. The highest BCUT2D eigenvalue weighted by atomic mass is 35.5. The average Bonchev–Trinajstić information content (AvgIpc) is 2.79. The lowest BCUT2D eigenvalue weighted by Gasteiger charge is -2.12. The van der Waals surface area contributed by atoms with Crippen LogP contribution in [-0.2, 0) is 4.79 Å². The minimum atomic E-state index is -0.835. The number of amides is 2. The minimum absolute atomic E-state index is 0.0445. The highest BCUT2D eigenvalue weighted by molar-refractivity contribution is 6.32. The third-order valence-electron chi connectivity index (χ3n) is 4.37. The Morgan fingerprint density at radius 2 is 1.62 bits per heavy atom. The predicted molar refractivity (Wildman–Crippen MR) is 127 cm³/mol. The van der Waals surface area contributed by atoms with Crippen LogP contribution in [0.2, 0.25) is 10.0 Å². The first-order valence-electron chi connectivity index (χ1n) is 9.42. The summed E-state index contributed by atoms with van der Waals surface area (Å²) in [6, 6.07) is 15.0. The number of hydrogen-bond acceptors (Lipinski definition) is 6. The fourth-order valence-electron chi connectivity index (χ4n) is 2.81. The van der Waals surface area contributed by atoms with Crippen molar-refractivity contribution in [1.82, 2.24) is 5.32 Å². The van der Waals surface area contributed by atoms with E-state index in [1.165, 1.54) is 54.6 Å². The molecule has 0 aliphatic carbocycles. The largest absolute Gasteiger partial charge is 0.320 e. The zero-order valence-electron chi connectivity index (χ0n) is 17.0. The highest BCUT2D eigenvalue weighted by Gasteiger charge is 2.18. The summed E-state index contributed by atoms with van der Waals surface area (Å²) >= 11 is 11.7. The van der Waals surface area contributed by atoms with Gasteiger partial charge in [0.2, 0.25) is 0 Å². The molecule has 0 unspecified atom stereocenters. The van der Waals surface area contributed by atoms with E-state index in [2.05, 4.69) is 10.6 Å². The van der Waals surface area contributed by atoms with Crippen LogP contribution >= 0.6 is 23.2 Å². The van der Waals surface area contributed by atoms with Crippen molar-refractivity contribution < 1.29 is 19.4 Å². The Morgan fingerprint density at radius 1 is 0.882 bits per heavy atom. The first-order valence-corrected chi connectivity index (χ1v) is 10.2. The summed E-state index contributed by atoms with van der Waals surface area (Å²) in [5.41, 5.74) is -0.457. The second kappa shape index (κ2) is 10.6. The Balaban J connectivity index is 1.97. The van der Waals surface area contributed by atoms with E-state index in [9.17, 15) is 29.8 Å². The average molecular weight is 501 g/mol. The van der Waals surface area contributed by atoms with Crippen molar-refractivity contribution in [2.75, 3.05) is 5.32 Å². The van der Waals surface area contributed by atoms with Crippen LogP contribution < -0.4 is 10.6 Å². The number of rotatable bonds is 7. The number of nitrogens with one attached hydrogen (secondary N) is 2. The summed E-state index contributed by atoms with van der Waals surface area (Å²) in [6.45, 7) is 0. The molecular weight excluding hydrogens is 487 g/mol. The first kappa shape index (κ1) is 24.4. The summed E-state index contributed by atoms with van der Waals surface area (Å²) in [4.78, 5) is 46.6. The van der Waals surface area contributed by atoms with Crippen LogP contribution in [0, 0.1) is 20.2 Å². The van der Waals surface area contributed by atoms with Crippen LogP contribution in [-0.4, -0.2) is 21.7 Å². The van der Waals surface area contributed by atoms with E-state index in [-0.39, 0.29) is 33.2 Å². The van der Waals surface area contributed by atoms with Crippen LogP contribution in [0.3, 0.4) is 0 Å². The molecule has 12 heteroatoms. The van der Waals surface area contributed by atoms with Crippen LogP contribution in [0.5, 0.6) is 0 Å². The van der Waals surface area contributed by atoms with Gasteiger partial charge in [0.1, 0.15) is 10.7 Å². The Labute approximate surface area is 202 Å². The van der Waals surface area contributed by atoms with Gasteiger partial charge in [-0.3, -0.25) is 29.8 Å². The summed E-state index contributed by atoms with van der Waals surface area (Å²) < 4.78 is 0. The smallest absolute Gasteiger partial charge is 0.289 e. The van der Waals surface area contributed by atoms with E-state index in [1.54, 1.807) is 12.1 Å². The molecule has 3 rings (SSSR count). The third-order valence-corrected chi connectivity index (χ3v) is 4.93. The van der Waals surface area contributed by atoms with E-state index in [4.69, 9.17) is 23.2 Å². The second-order valence-corrected chi connectivity index (χ2v) is 7.60. The molecular formula is C22H14Cl2N4O6. The van der Waals surface area contributed by atoms with E-state index in [0.717, 1.165) is 6.07 Å². The van der Waals surface area contributed by atoms with Gasteiger partial charge in [-0.1, -0.05) is 41.4 Å². The lowest BCUT2D eigenvalue weighted by Crippen LogP contribution is -2.30. The van der Waals surface area contributed by atoms with Crippen molar-refractivity contribution in [2.45, 2.75) is 0 Å². The molecule has 2 N–H and O–H groups in total. The van der Waals surface area contributed by atoms with Gasteiger partial charge in [0.05, 0.1) is 9.85 Å². The van der Waals surface area contributed by atoms with Gasteiger partial charge in [-0.05, 0) is 42.0 Å². The summed E-state index contributed by atoms with van der Waals surface area (Å²) in [6.07, 6.45) is 1.23. The predicted octanol–water partition coefficient (Wildman–Crippen LogP) is 5.22. The molecule has 0 saturated carbocycles. The molecule has 0 heterocycles. The first-order chi connectivity index (χ1) is 16.1. The van der Waals surface area contributed by atoms with Crippen LogP contribution in [0.1, 0.15) is 15.9 Å². The molecule has 34 heavy (non-hydrogen) atoms. The fraction of sp³-hybridized carbons (Fsp3) is 0. The van der Waals surface area contributed by atoms with Crippen LogP contribution in [0.4, 0.5) is 17.1 Å². The number of nitro benzene ring substituents is 2. The Morgan fingerprint density at radius 3 is 2.29 bits per heavy atom. The summed E-state index contributed by atoms with van der Waals surface area (Å²) in [7, 11) is 0. The zero-order chi connectivity index (χ0) is 24.8. The molecule has 2 amide bonds. The molecule has 0 bridgehead atoms. The van der Waals surface area contributed by atoms with Gasteiger partial charge >= 0.3 is 0 Å². The molecule has 0 radical (unpaired) electrons. The standard InChI is InChI=1S/C22H14Cl2N4O6/c23-15-5-2-4-14(11-15)21(29)26-19(10-13-3-1-6-17(9-13)27(31)32)22(30)25-16-7-8-18(24)20(12-16)28(33)34/h1-12H,(H,25,30)(H,26,29)/b19-10-. The summed E-state index contributed by atoms with van der Waals surface area (Å²) in [5.74, 6) is -1.50. The van der Waals surface area contributed by atoms with Gasteiger partial charge in [0.15, 0.2) is 0 Å². The normalized spacial score (nSPS) is 10.9. The van der Waals surface area contributed by atoms with Crippen molar-refractivity contribution in [2.24, 2.45) is 0 Å². The maximum Gasteiger partial charge on any atom is 0.289 e. The van der Waals surface area contributed by atoms with E-state index in [0.29, 0.717) is 5.02 Å². The highest BCUT2D eigenvalue weighted by Crippen LogP contribution is 2.27. The number of anilines is 1. The van der Waals surface area contributed by atoms with E-state index in [1.807, 2.05) is 0 Å². The second-order valence-electron chi connectivity index (χ2n) is 6.75. The quantitative estimate of drug-likeness (QED) is 0.258. The van der Waals surface area contributed by atoms with E-state index < -0.39 is 27.3 Å². The number of carbonyl (C=O) groups excluding carboxylic acids is 2. The number of benzene rings is 3. The number of non-ortho nitro benzene ring substituents is 1. The van der Waals surface area contributed by atoms with Crippen molar-refractivity contribution >= 4 is 58.2 Å². The molecule has 172 valence electrons. The van der Waals surface area contributed by atoms with Crippen LogP contribution in [0.25, 0.3) is 6.08 Å². The Hall–Kier alpha value is -4.28. The molecule has 0 atom stereocenters. The third kappa shape index (κ3) is 6.15. The van der Waals surface area contributed by atoms with Gasteiger partial charge in [-0.2, -0.15) is 0 Å². The van der Waals surface area contributed by atoms with Gasteiger partial charge in [-0.15, -0.1) is 0 Å². The topological polar surface area (TPSA) is 144 Å². The molecule has 3 aromatic rings. The van der Waals surface area contributed by atoms with Crippen molar-refractivity contribution in [3.8, 4) is 0 Å². The SMILES string of the molecule is O=C(Nc1ccc(Cl)c([N+](=O)[O-])c1)/C(=C/c1cccc([N+](=O)[O-])c1)NC(=O)c1cccc(Cl)c1. The maximum atomic E-state index is 13.0. The Bertz CT molecular complexity index is 1340. The van der Waals surface area contributed by atoms with Gasteiger partial charge in [0, 0.05) is 34.5 Å². The van der Waals surface area contributed by atoms with Gasteiger partial charge in [-0.25, -0.2) is 0 Å². The monoisotopic (exact) mass is 500 g/mol. The van der Waals surface area contributed by atoms with Crippen molar-refractivity contribution in [3.63, 3.8) is 0 Å². The minimum Gasteiger partial charge on any atom is -0.320 e. The Kier molecular flexibility index (Phi) is 7.57. The summed E-state index contributed by atoms with van der Waals surface area (Å²) in [5, 5.41) is 27.3. The lowest BCUT2D eigenvalue weighted by molar-refractivity contribution is -0.385. The zero-order valence-corrected chi connectivity index (χ0v) is 18.5. The number of nitro groups is 2. The van der Waals surface area contributed by atoms with Gasteiger partial charge < -0.3 is 10.6 Å². The number of nitrogens with zero attached hydrogens (tertiary/aromatic N) is 2. The molecule has 0 aliphatic rings. The van der Waals surface area contributed by atoms with Crippen molar-refractivity contribution in [3.05, 3.63) is 114 Å². The molecule has 10 nitrogen and oxygen atoms in total. The molecule has 0 saturated heterocycles. The molecule has 0 fully saturated rings.